The maximum atomic E-state index is 15.4. The van der Waals surface area contributed by atoms with Crippen molar-refractivity contribution in [2.75, 3.05) is 55.7 Å². The Bertz CT molecular complexity index is 1320. The molecule has 2 aliphatic heterocycles. The Morgan fingerprint density at radius 1 is 1.03 bits per heavy atom. The third kappa shape index (κ3) is 5.35. The Morgan fingerprint density at radius 2 is 1.72 bits per heavy atom. The molecular formula is C32H39FN4O2. The van der Waals surface area contributed by atoms with Gasteiger partial charge in [-0.2, -0.15) is 0 Å². The molecule has 2 unspecified atom stereocenters. The smallest absolute Gasteiger partial charge is 0.274 e. The van der Waals surface area contributed by atoms with Crippen molar-refractivity contribution < 1.29 is 13.9 Å². The number of amides is 1. The molecule has 1 amide bonds. The van der Waals surface area contributed by atoms with E-state index in [9.17, 15) is 4.79 Å². The number of piperidine rings is 1. The van der Waals surface area contributed by atoms with Gasteiger partial charge in [0.15, 0.2) is 0 Å². The highest BCUT2D eigenvalue weighted by atomic mass is 19.1. The Morgan fingerprint density at radius 3 is 2.33 bits per heavy atom. The summed E-state index contributed by atoms with van der Waals surface area (Å²) in [7, 11) is 0. The second-order valence-electron chi connectivity index (χ2n) is 11.5. The molecule has 0 bridgehead atoms. The molecule has 6 rings (SSSR count). The number of rotatable bonds is 8. The van der Waals surface area contributed by atoms with E-state index in [1.807, 2.05) is 36.9 Å². The van der Waals surface area contributed by atoms with Gasteiger partial charge in [0, 0.05) is 50.6 Å². The largest absolute Gasteiger partial charge is 0.378 e. The van der Waals surface area contributed by atoms with E-state index < -0.39 is 0 Å². The Hall–Kier alpha value is -3.16. The van der Waals surface area contributed by atoms with Gasteiger partial charge < -0.3 is 19.5 Å². The number of carbonyl (C=O) groups excluding carboxylic acids is 1. The van der Waals surface area contributed by atoms with E-state index in [-0.39, 0.29) is 11.7 Å². The molecule has 206 valence electrons. The number of morpholine rings is 1. The number of hydrogen-bond donors (Lipinski definition) is 1. The number of H-pyrrole nitrogens is 1. The van der Waals surface area contributed by atoms with Gasteiger partial charge in [-0.15, -0.1) is 0 Å². The van der Waals surface area contributed by atoms with Crippen LogP contribution in [0.4, 0.5) is 15.8 Å². The van der Waals surface area contributed by atoms with Crippen LogP contribution < -0.4 is 9.80 Å². The third-order valence-corrected chi connectivity index (χ3v) is 8.88. The predicted molar refractivity (Wildman–Crippen MR) is 153 cm³/mol. The number of fused-ring (bicyclic) bond motifs is 1. The molecule has 0 spiro atoms. The summed E-state index contributed by atoms with van der Waals surface area (Å²) in [4.78, 5) is 23.5. The molecule has 1 saturated carbocycles. The zero-order chi connectivity index (χ0) is 27.1. The van der Waals surface area contributed by atoms with Crippen LogP contribution in [0.3, 0.4) is 0 Å². The number of carbonyl (C=O) groups is 1. The lowest BCUT2D eigenvalue weighted by molar-refractivity contribution is 0.0979. The Kier molecular flexibility index (Phi) is 7.21. The average Bonchev–Trinajstić information content (AvgIpc) is 3.21. The summed E-state index contributed by atoms with van der Waals surface area (Å²) < 4.78 is 20.8. The van der Waals surface area contributed by atoms with Crippen molar-refractivity contribution in [3.8, 4) is 0 Å². The van der Waals surface area contributed by atoms with Gasteiger partial charge in [-0.3, -0.25) is 9.69 Å². The zero-order valence-electron chi connectivity index (χ0n) is 23.3. The van der Waals surface area contributed by atoms with Crippen LogP contribution in [0.1, 0.15) is 39.8 Å². The topological polar surface area (TPSA) is 51.8 Å². The van der Waals surface area contributed by atoms with Crippen LogP contribution in [0.15, 0.2) is 48.5 Å². The normalized spacial score (nSPS) is 22.7. The fourth-order valence-electron chi connectivity index (χ4n) is 6.60. The molecule has 1 aromatic heterocycles. The lowest BCUT2D eigenvalue weighted by Crippen LogP contribution is -2.37. The maximum absolute atomic E-state index is 15.4. The molecule has 2 aromatic carbocycles. The van der Waals surface area contributed by atoms with Crippen molar-refractivity contribution in [3.63, 3.8) is 0 Å². The van der Waals surface area contributed by atoms with Gasteiger partial charge in [-0.1, -0.05) is 31.2 Å². The third-order valence-electron chi connectivity index (χ3n) is 8.88. The fraction of sp³-hybridized carbons (Fsp3) is 0.469. The predicted octanol–water partition coefficient (Wildman–Crippen LogP) is 5.19. The number of aromatic nitrogens is 1. The standard InChI is InChI=1S/C32H39FN4O2/c1-4-23-5-7-24(8-6-23)17-35-18-26-27(19-35)28(26)20-37(32(38)31-21(2)15-22(3)34-31)25-9-10-30(29(33)16-25)36-11-13-39-14-12-36/h5-10,15-16,26-28,34H,4,11-14,17-20H2,1-3H3. The van der Waals surface area contributed by atoms with E-state index in [0.717, 1.165) is 37.3 Å². The number of hydrogen-bond acceptors (Lipinski definition) is 4. The van der Waals surface area contributed by atoms with Gasteiger partial charge in [-0.05, 0) is 79.0 Å². The number of benzene rings is 2. The first kappa shape index (κ1) is 26.1. The van der Waals surface area contributed by atoms with Gasteiger partial charge in [0.2, 0.25) is 0 Å². The number of nitrogens with one attached hydrogen (secondary N) is 1. The minimum atomic E-state index is -0.289. The molecule has 3 aliphatic rings. The molecule has 3 fully saturated rings. The van der Waals surface area contributed by atoms with Crippen LogP contribution in [0.25, 0.3) is 0 Å². The molecule has 2 saturated heterocycles. The minimum Gasteiger partial charge on any atom is -0.378 e. The van der Waals surface area contributed by atoms with Crippen molar-refractivity contribution in [1.82, 2.24) is 9.88 Å². The molecule has 2 atom stereocenters. The number of nitrogens with zero attached hydrogens (tertiary/aromatic N) is 3. The van der Waals surface area contributed by atoms with Crippen LogP contribution in [-0.2, 0) is 17.7 Å². The summed E-state index contributed by atoms with van der Waals surface area (Å²) in [6, 6.07) is 16.2. The van der Waals surface area contributed by atoms with Crippen molar-refractivity contribution in [2.45, 2.75) is 33.7 Å². The molecule has 7 heteroatoms. The van der Waals surface area contributed by atoms with Crippen LogP contribution in [-0.4, -0.2) is 61.7 Å². The molecule has 6 nitrogen and oxygen atoms in total. The number of aromatic amines is 1. The lowest BCUT2D eigenvalue weighted by atomic mass is 10.1. The SMILES string of the molecule is CCc1ccc(CN2CC3C(C2)C3CN(C(=O)c2[nH]c(C)cc2C)c2ccc(N3CCOCC3)c(F)c2)cc1. The van der Waals surface area contributed by atoms with E-state index in [1.54, 1.807) is 4.90 Å². The average molecular weight is 531 g/mol. The lowest BCUT2D eigenvalue weighted by Gasteiger charge is -2.30. The molecular weight excluding hydrogens is 491 g/mol. The fourth-order valence-corrected chi connectivity index (χ4v) is 6.60. The number of ether oxygens (including phenoxy) is 1. The van der Waals surface area contributed by atoms with Crippen LogP contribution in [0.2, 0.25) is 0 Å². The van der Waals surface area contributed by atoms with Crippen molar-refractivity contribution in [3.05, 3.63) is 82.4 Å². The molecule has 3 aromatic rings. The number of aryl methyl sites for hydroxylation is 3. The van der Waals surface area contributed by atoms with Gasteiger partial charge in [-0.25, -0.2) is 4.39 Å². The Labute approximate surface area is 230 Å². The summed E-state index contributed by atoms with van der Waals surface area (Å²) in [5, 5.41) is 0. The van der Waals surface area contributed by atoms with Gasteiger partial charge >= 0.3 is 0 Å². The Balaban J connectivity index is 1.17. The summed E-state index contributed by atoms with van der Waals surface area (Å²) in [5.41, 5.74) is 6.39. The molecule has 0 radical (unpaired) electrons. The second-order valence-corrected chi connectivity index (χ2v) is 11.5. The molecule has 39 heavy (non-hydrogen) atoms. The highest BCUT2D eigenvalue weighted by Gasteiger charge is 2.56. The molecule has 1 aliphatic carbocycles. The first-order valence-corrected chi connectivity index (χ1v) is 14.3. The highest BCUT2D eigenvalue weighted by molar-refractivity contribution is 6.06. The summed E-state index contributed by atoms with van der Waals surface area (Å²) >= 11 is 0. The summed E-state index contributed by atoms with van der Waals surface area (Å²) in [6.45, 7) is 12.3. The van der Waals surface area contributed by atoms with Crippen molar-refractivity contribution >= 4 is 17.3 Å². The quantitative estimate of drug-likeness (QED) is 0.435. The van der Waals surface area contributed by atoms with Crippen molar-refractivity contribution in [2.24, 2.45) is 17.8 Å². The van der Waals surface area contributed by atoms with Crippen LogP contribution in [0, 0.1) is 37.4 Å². The van der Waals surface area contributed by atoms with Gasteiger partial charge in [0.1, 0.15) is 11.5 Å². The zero-order valence-corrected chi connectivity index (χ0v) is 23.3. The van der Waals surface area contributed by atoms with Crippen LogP contribution in [0.5, 0.6) is 0 Å². The monoisotopic (exact) mass is 530 g/mol. The number of anilines is 2. The first-order chi connectivity index (χ1) is 18.9. The number of halogens is 1. The van der Waals surface area contributed by atoms with E-state index in [0.29, 0.717) is 67.7 Å². The van der Waals surface area contributed by atoms with Crippen molar-refractivity contribution in [1.29, 1.82) is 0 Å². The van der Waals surface area contributed by atoms with E-state index in [2.05, 4.69) is 41.1 Å². The van der Waals surface area contributed by atoms with E-state index >= 15 is 4.39 Å². The van der Waals surface area contributed by atoms with E-state index in [4.69, 9.17) is 4.74 Å². The summed E-state index contributed by atoms with van der Waals surface area (Å²) in [6.07, 6.45) is 1.06. The minimum absolute atomic E-state index is 0.0861. The highest BCUT2D eigenvalue weighted by Crippen LogP contribution is 2.52. The van der Waals surface area contributed by atoms with Gasteiger partial charge in [0.25, 0.3) is 5.91 Å². The maximum Gasteiger partial charge on any atom is 0.274 e. The molecule has 1 N–H and O–H groups in total. The van der Waals surface area contributed by atoms with Crippen LogP contribution >= 0.6 is 0 Å². The molecule has 3 heterocycles. The summed E-state index contributed by atoms with van der Waals surface area (Å²) in [5.74, 6) is 1.23. The van der Waals surface area contributed by atoms with E-state index in [1.165, 1.54) is 17.2 Å². The second kappa shape index (κ2) is 10.8. The number of likely N-dealkylation sites (tertiary alicyclic amines) is 1. The van der Waals surface area contributed by atoms with Gasteiger partial charge in [0.05, 0.1) is 18.9 Å². The first-order valence-electron chi connectivity index (χ1n) is 14.3.